The lowest BCUT2D eigenvalue weighted by Gasteiger charge is -2.25. The quantitative estimate of drug-likeness (QED) is 0.757. The van der Waals surface area contributed by atoms with Crippen molar-refractivity contribution < 1.29 is 0 Å². The number of nitrogen functional groups attached to an aromatic ring is 2. The van der Waals surface area contributed by atoms with Gasteiger partial charge in [-0.3, -0.25) is 0 Å². The van der Waals surface area contributed by atoms with Crippen molar-refractivity contribution in [3.05, 3.63) is 23.3 Å². The summed E-state index contributed by atoms with van der Waals surface area (Å²) in [5.74, 6) is 1.12. The molecule has 94 valence electrons. The van der Waals surface area contributed by atoms with Crippen LogP contribution in [-0.2, 0) is 0 Å². The second-order valence-electron chi connectivity index (χ2n) is 5.60. The minimum atomic E-state index is 0.470. The van der Waals surface area contributed by atoms with Crippen molar-refractivity contribution >= 4 is 11.4 Å². The summed E-state index contributed by atoms with van der Waals surface area (Å²) in [6.45, 7) is 4.37. The van der Waals surface area contributed by atoms with Gasteiger partial charge in [0.25, 0.3) is 0 Å². The molecule has 1 fully saturated rings. The number of anilines is 2. The maximum absolute atomic E-state index is 6.14. The van der Waals surface area contributed by atoms with Gasteiger partial charge >= 0.3 is 0 Å². The normalized spacial score (nSPS) is 17.6. The molecule has 0 saturated heterocycles. The maximum atomic E-state index is 6.14. The third kappa shape index (κ3) is 2.56. The van der Waals surface area contributed by atoms with E-state index in [9.17, 15) is 0 Å². The highest BCUT2D eigenvalue weighted by molar-refractivity contribution is 5.63. The van der Waals surface area contributed by atoms with Crippen LogP contribution in [0.15, 0.2) is 12.1 Å². The van der Waals surface area contributed by atoms with Crippen molar-refractivity contribution in [3.63, 3.8) is 0 Å². The largest absolute Gasteiger partial charge is 0.398 e. The van der Waals surface area contributed by atoms with Gasteiger partial charge in [0.15, 0.2) is 0 Å². The summed E-state index contributed by atoms with van der Waals surface area (Å²) >= 11 is 0. The summed E-state index contributed by atoms with van der Waals surface area (Å²) in [5.41, 5.74) is 16.5. The highest BCUT2D eigenvalue weighted by Gasteiger charge is 2.19. The van der Waals surface area contributed by atoms with E-state index < -0.39 is 0 Å². The molecule has 1 aromatic rings. The number of nitrogens with two attached hydrogens (primary N) is 2. The number of hydrogen-bond donors (Lipinski definition) is 2. The van der Waals surface area contributed by atoms with Crippen LogP contribution in [0.1, 0.15) is 68.9 Å². The van der Waals surface area contributed by atoms with E-state index >= 15 is 0 Å². The number of benzene rings is 1. The molecule has 0 radical (unpaired) electrons. The van der Waals surface area contributed by atoms with Crippen molar-refractivity contribution in [2.45, 2.75) is 57.8 Å². The van der Waals surface area contributed by atoms with Gasteiger partial charge in [0.05, 0.1) is 0 Å². The Morgan fingerprint density at radius 1 is 1.00 bits per heavy atom. The predicted octanol–water partition coefficient (Wildman–Crippen LogP) is 4.02. The smallest absolute Gasteiger partial charge is 0.0370 e. The molecule has 1 saturated carbocycles. The second-order valence-corrected chi connectivity index (χ2v) is 5.60. The molecule has 0 heterocycles. The SMILES string of the molecule is CC(C)c1cc(C2CCCCC2)c(N)cc1N. The van der Waals surface area contributed by atoms with E-state index in [0.717, 1.165) is 11.4 Å². The zero-order chi connectivity index (χ0) is 12.4. The fraction of sp³-hybridized carbons (Fsp3) is 0.600. The third-order valence-electron chi connectivity index (χ3n) is 3.96. The van der Waals surface area contributed by atoms with E-state index in [1.165, 1.54) is 43.2 Å². The van der Waals surface area contributed by atoms with Crippen molar-refractivity contribution in [1.82, 2.24) is 0 Å². The molecule has 0 amide bonds. The first-order valence-corrected chi connectivity index (χ1v) is 6.78. The monoisotopic (exact) mass is 232 g/mol. The minimum absolute atomic E-state index is 0.470. The van der Waals surface area contributed by atoms with Crippen LogP contribution < -0.4 is 11.5 Å². The van der Waals surface area contributed by atoms with Gasteiger partial charge in [-0.1, -0.05) is 39.2 Å². The molecule has 0 spiro atoms. The van der Waals surface area contributed by atoms with Gasteiger partial charge in [-0.15, -0.1) is 0 Å². The first-order valence-electron chi connectivity index (χ1n) is 6.78. The van der Waals surface area contributed by atoms with Crippen molar-refractivity contribution in [2.75, 3.05) is 11.5 Å². The Labute approximate surface area is 104 Å². The van der Waals surface area contributed by atoms with Gasteiger partial charge < -0.3 is 11.5 Å². The third-order valence-corrected chi connectivity index (χ3v) is 3.96. The lowest BCUT2D eigenvalue weighted by atomic mass is 9.82. The van der Waals surface area contributed by atoms with Gasteiger partial charge in [-0.2, -0.15) is 0 Å². The molecule has 1 aromatic carbocycles. The molecular formula is C15H24N2. The Morgan fingerprint density at radius 2 is 1.65 bits per heavy atom. The fourth-order valence-corrected chi connectivity index (χ4v) is 2.94. The van der Waals surface area contributed by atoms with Crippen LogP contribution in [0, 0.1) is 0 Å². The van der Waals surface area contributed by atoms with Gasteiger partial charge in [0.2, 0.25) is 0 Å². The molecule has 0 aromatic heterocycles. The first-order chi connectivity index (χ1) is 8.09. The molecule has 0 aliphatic heterocycles. The van der Waals surface area contributed by atoms with Gasteiger partial charge in [-0.05, 0) is 41.9 Å². The van der Waals surface area contributed by atoms with E-state index in [4.69, 9.17) is 11.5 Å². The van der Waals surface area contributed by atoms with Gasteiger partial charge in [0.1, 0.15) is 0 Å². The predicted molar refractivity (Wildman–Crippen MR) is 75.2 cm³/mol. The van der Waals surface area contributed by atoms with E-state index in [1.807, 2.05) is 6.07 Å². The molecule has 4 N–H and O–H groups in total. The molecule has 1 aliphatic rings. The average molecular weight is 232 g/mol. The number of rotatable bonds is 2. The van der Waals surface area contributed by atoms with Crippen LogP contribution in [-0.4, -0.2) is 0 Å². The summed E-state index contributed by atoms with van der Waals surface area (Å²) in [6, 6.07) is 4.21. The molecular weight excluding hydrogens is 208 g/mol. The second kappa shape index (κ2) is 4.99. The summed E-state index contributed by atoms with van der Waals surface area (Å²) < 4.78 is 0. The van der Waals surface area contributed by atoms with Crippen LogP contribution >= 0.6 is 0 Å². The fourth-order valence-electron chi connectivity index (χ4n) is 2.94. The Bertz CT molecular complexity index is 390. The molecule has 17 heavy (non-hydrogen) atoms. The van der Waals surface area contributed by atoms with Crippen LogP contribution in [0.25, 0.3) is 0 Å². The number of hydrogen-bond acceptors (Lipinski definition) is 2. The van der Waals surface area contributed by atoms with Gasteiger partial charge in [-0.25, -0.2) is 0 Å². The summed E-state index contributed by atoms with van der Waals surface area (Å²) in [5, 5.41) is 0. The lowest BCUT2D eigenvalue weighted by Crippen LogP contribution is -2.09. The highest BCUT2D eigenvalue weighted by atomic mass is 14.6. The van der Waals surface area contributed by atoms with Crippen molar-refractivity contribution in [3.8, 4) is 0 Å². The summed E-state index contributed by atoms with van der Waals surface area (Å²) in [4.78, 5) is 0. The first kappa shape index (κ1) is 12.3. The minimum Gasteiger partial charge on any atom is -0.398 e. The average Bonchev–Trinajstić information content (AvgIpc) is 2.29. The van der Waals surface area contributed by atoms with E-state index in [0.29, 0.717) is 11.8 Å². The molecule has 0 unspecified atom stereocenters. The highest BCUT2D eigenvalue weighted by Crippen LogP contribution is 2.38. The van der Waals surface area contributed by atoms with Crippen LogP contribution in [0.2, 0.25) is 0 Å². The summed E-state index contributed by atoms with van der Waals surface area (Å²) in [7, 11) is 0. The molecule has 2 heteroatoms. The van der Waals surface area contributed by atoms with Crippen molar-refractivity contribution in [2.24, 2.45) is 0 Å². The summed E-state index contributed by atoms with van der Waals surface area (Å²) in [6.07, 6.45) is 6.62. The topological polar surface area (TPSA) is 52.0 Å². The molecule has 2 rings (SSSR count). The lowest BCUT2D eigenvalue weighted by molar-refractivity contribution is 0.444. The maximum Gasteiger partial charge on any atom is 0.0370 e. The standard InChI is InChI=1S/C15H24N2/c1-10(2)12-8-13(15(17)9-14(12)16)11-6-4-3-5-7-11/h8-11H,3-7,16-17H2,1-2H3. The Morgan fingerprint density at radius 3 is 2.24 bits per heavy atom. The Balaban J connectivity index is 2.35. The van der Waals surface area contributed by atoms with E-state index in [-0.39, 0.29) is 0 Å². The van der Waals surface area contributed by atoms with Crippen LogP contribution in [0.5, 0.6) is 0 Å². The Hall–Kier alpha value is -1.18. The van der Waals surface area contributed by atoms with Crippen molar-refractivity contribution in [1.29, 1.82) is 0 Å². The van der Waals surface area contributed by atoms with Crippen LogP contribution in [0.4, 0.5) is 11.4 Å². The molecule has 0 atom stereocenters. The molecule has 1 aliphatic carbocycles. The van der Waals surface area contributed by atoms with E-state index in [1.54, 1.807) is 0 Å². The molecule has 2 nitrogen and oxygen atoms in total. The molecule has 0 bridgehead atoms. The van der Waals surface area contributed by atoms with E-state index in [2.05, 4.69) is 19.9 Å². The zero-order valence-corrected chi connectivity index (χ0v) is 11.0. The van der Waals surface area contributed by atoms with Crippen LogP contribution in [0.3, 0.4) is 0 Å². The zero-order valence-electron chi connectivity index (χ0n) is 11.0. The Kier molecular flexibility index (Phi) is 3.60. The van der Waals surface area contributed by atoms with Gasteiger partial charge in [0, 0.05) is 11.4 Å².